The van der Waals surface area contributed by atoms with Gasteiger partial charge in [0.2, 0.25) is 10.0 Å². The van der Waals surface area contributed by atoms with E-state index in [2.05, 4.69) is 9.46 Å². The summed E-state index contributed by atoms with van der Waals surface area (Å²) in [6.45, 7) is 0.619. The van der Waals surface area contributed by atoms with Crippen LogP contribution in [0.2, 0.25) is 0 Å². The van der Waals surface area contributed by atoms with Crippen LogP contribution in [0.25, 0.3) is 0 Å². The van der Waals surface area contributed by atoms with Crippen molar-refractivity contribution in [2.24, 2.45) is 0 Å². The van der Waals surface area contributed by atoms with E-state index < -0.39 is 16.0 Å². The Morgan fingerprint density at radius 3 is 2.65 bits per heavy atom. The fourth-order valence-corrected chi connectivity index (χ4v) is 3.36. The highest BCUT2D eigenvalue weighted by Crippen LogP contribution is 2.17. The number of sulfonamides is 1. The van der Waals surface area contributed by atoms with Crippen molar-refractivity contribution in [3.8, 4) is 0 Å². The first-order valence-corrected chi connectivity index (χ1v) is 7.96. The number of benzene rings is 1. The molecule has 0 bridgehead atoms. The molecule has 1 aromatic carbocycles. The van der Waals surface area contributed by atoms with Crippen LogP contribution in [0, 0.1) is 0 Å². The second kappa shape index (κ2) is 6.23. The Hall–Kier alpha value is -1.60. The van der Waals surface area contributed by atoms with Gasteiger partial charge in [-0.25, -0.2) is 13.2 Å². The molecule has 1 aliphatic rings. The number of rotatable bonds is 5. The summed E-state index contributed by atoms with van der Waals surface area (Å²) in [5, 5.41) is 0. The van der Waals surface area contributed by atoms with E-state index in [1.165, 1.54) is 31.4 Å². The molecule has 7 heteroatoms. The van der Waals surface area contributed by atoms with Crippen LogP contribution in [0.4, 0.5) is 5.69 Å². The van der Waals surface area contributed by atoms with Crippen molar-refractivity contribution in [2.45, 2.75) is 18.9 Å². The quantitative estimate of drug-likeness (QED) is 0.831. The number of hydrogen-bond acceptors (Lipinski definition) is 5. The molecule has 0 aliphatic carbocycles. The highest BCUT2D eigenvalue weighted by Gasteiger charge is 2.23. The first-order valence-electron chi connectivity index (χ1n) is 6.30. The third-order valence-corrected chi connectivity index (χ3v) is 4.37. The Morgan fingerprint density at radius 2 is 2.10 bits per heavy atom. The topological polar surface area (TPSA) is 81.7 Å². The summed E-state index contributed by atoms with van der Waals surface area (Å²) >= 11 is 0. The predicted octanol–water partition coefficient (Wildman–Crippen LogP) is 1.39. The molecular formula is C13H17NO5S. The Bertz CT molecular complexity index is 561. The van der Waals surface area contributed by atoms with Crippen molar-refractivity contribution in [1.29, 1.82) is 0 Å². The zero-order chi connectivity index (χ0) is 14.6. The average Bonchev–Trinajstić information content (AvgIpc) is 2.90. The van der Waals surface area contributed by atoms with Crippen molar-refractivity contribution in [3.63, 3.8) is 0 Å². The number of nitrogens with one attached hydrogen (secondary N) is 1. The van der Waals surface area contributed by atoms with Gasteiger partial charge in [-0.05, 0) is 37.1 Å². The lowest BCUT2D eigenvalue weighted by Crippen LogP contribution is -2.25. The van der Waals surface area contributed by atoms with E-state index in [4.69, 9.17) is 4.74 Å². The summed E-state index contributed by atoms with van der Waals surface area (Å²) < 4.78 is 36.2. The van der Waals surface area contributed by atoms with E-state index >= 15 is 0 Å². The Balaban J connectivity index is 1.99. The molecule has 0 unspecified atom stereocenters. The van der Waals surface area contributed by atoms with Gasteiger partial charge in [-0.1, -0.05) is 0 Å². The Morgan fingerprint density at radius 1 is 1.40 bits per heavy atom. The van der Waals surface area contributed by atoms with E-state index in [0.717, 1.165) is 12.8 Å². The molecule has 1 saturated heterocycles. The summed E-state index contributed by atoms with van der Waals surface area (Å²) in [6.07, 6.45) is 1.43. The smallest absolute Gasteiger partial charge is 0.337 e. The molecule has 20 heavy (non-hydrogen) atoms. The van der Waals surface area contributed by atoms with Crippen molar-refractivity contribution < 1.29 is 22.7 Å². The summed E-state index contributed by atoms with van der Waals surface area (Å²) in [5.74, 6) is -0.509. The van der Waals surface area contributed by atoms with Crippen LogP contribution >= 0.6 is 0 Å². The summed E-state index contributed by atoms with van der Waals surface area (Å²) in [4.78, 5) is 11.3. The van der Waals surface area contributed by atoms with Crippen molar-refractivity contribution in [3.05, 3.63) is 29.8 Å². The monoisotopic (exact) mass is 299 g/mol. The fraction of sp³-hybridized carbons (Fsp3) is 0.462. The number of ether oxygens (including phenoxy) is 2. The zero-order valence-corrected chi connectivity index (χ0v) is 12.0. The van der Waals surface area contributed by atoms with Gasteiger partial charge in [-0.2, -0.15) is 0 Å². The predicted molar refractivity (Wildman–Crippen MR) is 74.2 cm³/mol. The van der Waals surface area contributed by atoms with E-state index in [9.17, 15) is 13.2 Å². The SMILES string of the molecule is COC(=O)c1ccc(NS(=O)(=O)C[C@H]2CCCO2)cc1. The third kappa shape index (κ3) is 3.94. The largest absolute Gasteiger partial charge is 0.465 e. The maximum Gasteiger partial charge on any atom is 0.337 e. The number of carbonyl (C=O) groups excluding carboxylic acids is 1. The van der Waals surface area contributed by atoms with Gasteiger partial charge in [-0.15, -0.1) is 0 Å². The Kier molecular flexibility index (Phi) is 4.61. The van der Waals surface area contributed by atoms with Gasteiger partial charge in [0.25, 0.3) is 0 Å². The van der Waals surface area contributed by atoms with Crippen LogP contribution in [0.3, 0.4) is 0 Å². The van der Waals surface area contributed by atoms with Gasteiger partial charge in [0, 0.05) is 12.3 Å². The molecule has 1 heterocycles. The Labute approximate surface area is 118 Å². The minimum atomic E-state index is -3.45. The molecule has 110 valence electrons. The van der Waals surface area contributed by atoms with Crippen molar-refractivity contribution >= 4 is 21.7 Å². The number of anilines is 1. The van der Waals surface area contributed by atoms with Gasteiger partial charge in [-0.3, -0.25) is 4.72 Å². The van der Waals surface area contributed by atoms with Gasteiger partial charge >= 0.3 is 5.97 Å². The highest BCUT2D eigenvalue weighted by molar-refractivity contribution is 7.92. The molecule has 0 amide bonds. The van der Waals surface area contributed by atoms with E-state index in [-0.39, 0.29) is 11.9 Å². The van der Waals surface area contributed by atoms with Crippen LogP contribution in [-0.4, -0.2) is 40.0 Å². The molecule has 2 rings (SSSR count). The molecule has 0 radical (unpaired) electrons. The number of methoxy groups -OCH3 is 1. The van der Waals surface area contributed by atoms with Crippen LogP contribution in [-0.2, 0) is 19.5 Å². The molecule has 1 aliphatic heterocycles. The molecule has 1 fully saturated rings. The van der Waals surface area contributed by atoms with Crippen LogP contribution in [0.1, 0.15) is 23.2 Å². The molecule has 6 nitrogen and oxygen atoms in total. The lowest BCUT2D eigenvalue weighted by atomic mass is 10.2. The summed E-state index contributed by atoms with van der Waals surface area (Å²) in [6, 6.07) is 6.07. The zero-order valence-electron chi connectivity index (χ0n) is 11.2. The lowest BCUT2D eigenvalue weighted by Gasteiger charge is -2.12. The second-order valence-corrected chi connectivity index (χ2v) is 6.35. The first kappa shape index (κ1) is 14.8. The average molecular weight is 299 g/mol. The molecular weight excluding hydrogens is 282 g/mol. The summed E-state index contributed by atoms with van der Waals surface area (Å²) in [5.41, 5.74) is 0.783. The fourth-order valence-electron chi connectivity index (χ4n) is 2.03. The second-order valence-electron chi connectivity index (χ2n) is 4.59. The number of carbonyl (C=O) groups is 1. The minimum Gasteiger partial charge on any atom is -0.465 e. The molecule has 1 N–H and O–H groups in total. The minimum absolute atomic E-state index is 0.0498. The van der Waals surface area contributed by atoms with Gasteiger partial charge in [0.05, 0.1) is 24.5 Å². The molecule has 1 atom stereocenters. The molecule has 0 aromatic heterocycles. The maximum absolute atomic E-state index is 11.9. The van der Waals surface area contributed by atoms with Gasteiger partial charge in [0.1, 0.15) is 0 Å². The van der Waals surface area contributed by atoms with Crippen molar-refractivity contribution in [1.82, 2.24) is 0 Å². The molecule has 0 saturated carbocycles. The highest BCUT2D eigenvalue weighted by atomic mass is 32.2. The van der Waals surface area contributed by atoms with Gasteiger partial charge < -0.3 is 9.47 Å². The summed E-state index contributed by atoms with van der Waals surface area (Å²) in [7, 11) is -2.16. The number of esters is 1. The van der Waals surface area contributed by atoms with Gasteiger partial charge in [0.15, 0.2) is 0 Å². The third-order valence-electron chi connectivity index (χ3n) is 3.01. The van der Waals surface area contributed by atoms with Crippen LogP contribution < -0.4 is 4.72 Å². The molecule has 0 spiro atoms. The van der Waals surface area contributed by atoms with E-state index in [0.29, 0.717) is 17.9 Å². The molecule has 1 aromatic rings. The van der Waals surface area contributed by atoms with Crippen LogP contribution in [0.15, 0.2) is 24.3 Å². The van der Waals surface area contributed by atoms with Crippen molar-refractivity contribution in [2.75, 3.05) is 24.2 Å². The standard InChI is InChI=1S/C13H17NO5S/c1-18-13(15)10-4-6-11(7-5-10)14-20(16,17)9-12-3-2-8-19-12/h4-7,12,14H,2-3,8-9H2,1H3/t12-/m1/s1. The van der Waals surface area contributed by atoms with E-state index in [1.807, 2.05) is 0 Å². The number of hydrogen-bond donors (Lipinski definition) is 1. The maximum atomic E-state index is 11.9. The van der Waals surface area contributed by atoms with E-state index in [1.54, 1.807) is 0 Å². The first-order chi connectivity index (χ1) is 9.50. The normalized spacial score (nSPS) is 18.8. The van der Waals surface area contributed by atoms with Crippen LogP contribution in [0.5, 0.6) is 0 Å². The lowest BCUT2D eigenvalue weighted by molar-refractivity contribution is 0.0600.